The largest absolute Gasteiger partial charge is 0.376 e. The molecule has 0 radical (unpaired) electrons. The molecule has 1 aromatic rings. The molecule has 0 spiro atoms. The number of benzene rings is 1. The highest BCUT2D eigenvalue weighted by atomic mass is 79.9. The van der Waals surface area contributed by atoms with Crippen molar-refractivity contribution in [3.8, 4) is 0 Å². The zero-order valence-electron chi connectivity index (χ0n) is 12.4. The molecule has 3 nitrogen and oxygen atoms in total. The predicted molar refractivity (Wildman–Crippen MR) is 86.2 cm³/mol. The molecule has 0 bridgehead atoms. The zero-order valence-corrected chi connectivity index (χ0v) is 14.0. The Kier molecular flexibility index (Phi) is 4.65. The van der Waals surface area contributed by atoms with E-state index in [0.29, 0.717) is 11.8 Å². The van der Waals surface area contributed by atoms with Gasteiger partial charge in [0.05, 0.1) is 6.10 Å². The number of rotatable bonds is 5. The maximum absolute atomic E-state index is 12.6. The third-order valence-corrected chi connectivity index (χ3v) is 5.08. The van der Waals surface area contributed by atoms with Crippen LogP contribution in [0.5, 0.6) is 0 Å². The third kappa shape index (κ3) is 3.49. The molecule has 3 rings (SSSR count). The number of nitrogens with zero attached hydrogens (tertiary/aromatic N) is 1. The molecule has 1 saturated carbocycles. The van der Waals surface area contributed by atoms with E-state index < -0.39 is 0 Å². The summed E-state index contributed by atoms with van der Waals surface area (Å²) in [5.74, 6) is 0.887. The van der Waals surface area contributed by atoms with E-state index in [0.717, 1.165) is 43.4 Å². The van der Waals surface area contributed by atoms with Gasteiger partial charge < -0.3 is 9.64 Å². The monoisotopic (exact) mass is 351 g/mol. The Morgan fingerprint density at radius 2 is 2.14 bits per heavy atom. The smallest absolute Gasteiger partial charge is 0.226 e. The lowest BCUT2D eigenvalue weighted by molar-refractivity contribution is -0.134. The molecule has 0 aromatic heterocycles. The van der Waals surface area contributed by atoms with Gasteiger partial charge in [0.2, 0.25) is 5.91 Å². The summed E-state index contributed by atoms with van der Waals surface area (Å²) in [5.41, 5.74) is 1.28. The first-order valence-corrected chi connectivity index (χ1v) is 8.64. The topological polar surface area (TPSA) is 29.5 Å². The van der Waals surface area contributed by atoms with Crippen molar-refractivity contribution in [1.29, 1.82) is 0 Å². The van der Waals surface area contributed by atoms with E-state index in [-0.39, 0.29) is 12.0 Å². The summed E-state index contributed by atoms with van der Waals surface area (Å²) in [7, 11) is 0. The van der Waals surface area contributed by atoms with Crippen LogP contribution in [0.1, 0.15) is 37.7 Å². The molecule has 1 heterocycles. The standard InChI is InChI=1S/C17H22BrNO2/c1-2-19(11-14-4-3-9-21-14)17(20)16-10-15(16)12-5-7-13(18)8-6-12/h5-8,14-16H,2-4,9-11H2,1H3. The maximum Gasteiger partial charge on any atom is 0.226 e. The number of hydrogen-bond acceptors (Lipinski definition) is 2. The van der Waals surface area contributed by atoms with Crippen LogP contribution in [0.2, 0.25) is 0 Å². The zero-order chi connectivity index (χ0) is 14.8. The van der Waals surface area contributed by atoms with Crippen molar-refractivity contribution in [2.45, 2.75) is 38.2 Å². The van der Waals surface area contributed by atoms with E-state index in [1.807, 2.05) is 4.90 Å². The fourth-order valence-electron chi connectivity index (χ4n) is 3.19. The van der Waals surface area contributed by atoms with Gasteiger partial charge in [0, 0.05) is 30.1 Å². The second-order valence-electron chi connectivity index (χ2n) is 6.01. The molecule has 21 heavy (non-hydrogen) atoms. The van der Waals surface area contributed by atoms with Crippen LogP contribution in [0.15, 0.2) is 28.7 Å². The molecule has 2 aliphatic rings. The first-order valence-electron chi connectivity index (χ1n) is 7.85. The lowest BCUT2D eigenvalue weighted by Crippen LogP contribution is -2.38. The molecule has 1 aliphatic carbocycles. The van der Waals surface area contributed by atoms with E-state index in [1.165, 1.54) is 5.56 Å². The maximum atomic E-state index is 12.6. The number of carbonyl (C=O) groups excluding carboxylic acids is 1. The summed E-state index contributed by atoms with van der Waals surface area (Å²) in [4.78, 5) is 14.6. The predicted octanol–water partition coefficient (Wildman–Crippen LogP) is 3.58. The fraction of sp³-hybridized carbons (Fsp3) is 0.588. The van der Waals surface area contributed by atoms with Crippen LogP contribution in [0, 0.1) is 5.92 Å². The van der Waals surface area contributed by atoms with Gasteiger partial charge in [-0.3, -0.25) is 4.79 Å². The van der Waals surface area contributed by atoms with Crippen LogP contribution >= 0.6 is 15.9 Å². The van der Waals surface area contributed by atoms with Crippen molar-refractivity contribution < 1.29 is 9.53 Å². The summed E-state index contributed by atoms with van der Waals surface area (Å²) in [6, 6.07) is 8.36. The highest BCUT2D eigenvalue weighted by Crippen LogP contribution is 2.48. The number of hydrogen-bond donors (Lipinski definition) is 0. The SMILES string of the molecule is CCN(CC1CCCO1)C(=O)C1CC1c1ccc(Br)cc1. The number of likely N-dealkylation sites (N-methyl/N-ethyl adjacent to an activating group) is 1. The molecule has 1 saturated heterocycles. The Hall–Kier alpha value is -0.870. The average molecular weight is 352 g/mol. The quantitative estimate of drug-likeness (QED) is 0.811. The number of ether oxygens (including phenoxy) is 1. The van der Waals surface area contributed by atoms with Crippen molar-refractivity contribution in [3.05, 3.63) is 34.3 Å². The Labute approximate surface area is 134 Å². The Morgan fingerprint density at radius 3 is 2.76 bits per heavy atom. The van der Waals surface area contributed by atoms with Crippen molar-refractivity contribution in [3.63, 3.8) is 0 Å². The van der Waals surface area contributed by atoms with Gasteiger partial charge in [-0.05, 0) is 49.8 Å². The second-order valence-corrected chi connectivity index (χ2v) is 6.93. The van der Waals surface area contributed by atoms with E-state index in [9.17, 15) is 4.79 Å². The highest BCUT2D eigenvalue weighted by Gasteiger charge is 2.45. The molecule has 1 aromatic carbocycles. The van der Waals surface area contributed by atoms with Crippen LogP contribution in [0.4, 0.5) is 0 Å². The molecule has 1 aliphatic heterocycles. The Morgan fingerprint density at radius 1 is 1.38 bits per heavy atom. The number of amides is 1. The minimum atomic E-state index is 0.174. The van der Waals surface area contributed by atoms with Gasteiger partial charge in [-0.2, -0.15) is 0 Å². The van der Waals surface area contributed by atoms with E-state index in [4.69, 9.17) is 4.74 Å². The first-order chi connectivity index (χ1) is 10.2. The minimum absolute atomic E-state index is 0.174. The van der Waals surface area contributed by atoms with Gasteiger partial charge in [0.25, 0.3) is 0 Å². The van der Waals surface area contributed by atoms with Gasteiger partial charge in [0.15, 0.2) is 0 Å². The van der Waals surface area contributed by atoms with Crippen LogP contribution in [-0.2, 0) is 9.53 Å². The summed E-state index contributed by atoms with van der Waals surface area (Å²) < 4.78 is 6.75. The molecule has 4 heteroatoms. The lowest BCUT2D eigenvalue weighted by atomic mass is 10.1. The second kappa shape index (κ2) is 6.49. The third-order valence-electron chi connectivity index (χ3n) is 4.55. The molecular formula is C17H22BrNO2. The summed E-state index contributed by atoms with van der Waals surface area (Å²) >= 11 is 3.45. The van der Waals surface area contributed by atoms with E-state index in [2.05, 4.69) is 47.1 Å². The van der Waals surface area contributed by atoms with Gasteiger partial charge in [0.1, 0.15) is 0 Å². The molecule has 2 fully saturated rings. The first kappa shape index (κ1) is 15.0. The van der Waals surface area contributed by atoms with Gasteiger partial charge in [-0.15, -0.1) is 0 Å². The van der Waals surface area contributed by atoms with Crippen molar-refractivity contribution in [1.82, 2.24) is 4.90 Å². The number of carbonyl (C=O) groups is 1. The fourth-order valence-corrected chi connectivity index (χ4v) is 3.45. The molecule has 114 valence electrons. The normalized spacial score (nSPS) is 27.6. The highest BCUT2D eigenvalue weighted by molar-refractivity contribution is 9.10. The van der Waals surface area contributed by atoms with Crippen molar-refractivity contribution in [2.24, 2.45) is 5.92 Å². The van der Waals surface area contributed by atoms with Crippen LogP contribution in [-0.4, -0.2) is 36.6 Å². The molecular weight excluding hydrogens is 330 g/mol. The molecule has 3 unspecified atom stereocenters. The lowest BCUT2D eigenvalue weighted by Gasteiger charge is -2.24. The van der Waals surface area contributed by atoms with Crippen molar-refractivity contribution >= 4 is 21.8 Å². The molecule has 3 atom stereocenters. The molecule has 0 N–H and O–H groups in total. The Balaban J connectivity index is 1.58. The Bertz CT molecular complexity index is 496. The average Bonchev–Trinajstić information content (AvgIpc) is 3.13. The van der Waals surface area contributed by atoms with Crippen LogP contribution < -0.4 is 0 Å². The van der Waals surface area contributed by atoms with Crippen LogP contribution in [0.3, 0.4) is 0 Å². The van der Waals surface area contributed by atoms with Crippen molar-refractivity contribution in [2.75, 3.05) is 19.7 Å². The number of halogens is 1. The van der Waals surface area contributed by atoms with E-state index in [1.54, 1.807) is 0 Å². The summed E-state index contributed by atoms with van der Waals surface area (Å²) in [6.07, 6.45) is 3.45. The van der Waals surface area contributed by atoms with Gasteiger partial charge >= 0.3 is 0 Å². The van der Waals surface area contributed by atoms with Gasteiger partial charge in [-0.25, -0.2) is 0 Å². The van der Waals surface area contributed by atoms with Crippen LogP contribution in [0.25, 0.3) is 0 Å². The van der Waals surface area contributed by atoms with E-state index >= 15 is 0 Å². The minimum Gasteiger partial charge on any atom is -0.376 e. The van der Waals surface area contributed by atoms with Gasteiger partial charge in [-0.1, -0.05) is 28.1 Å². The summed E-state index contributed by atoms with van der Waals surface area (Å²) in [5, 5.41) is 0. The molecule has 1 amide bonds. The summed E-state index contributed by atoms with van der Waals surface area (Å²) in [6.45, 7) is 4.45.